The maximum absolute atomic E-state index is 9.09. The van der Waals surface area contributed by atoms with Gasteiger partial charge in [-0.3, -0.25) is 0 Å². The van der Waals surface area contributed by atoms with Crippen LogP contribution in [0.5, 0.6) is 0 Å². The maximum Gasteiger partial charge on any atom is 0.0929 e. The van der Waals surface area contributed by atoms with Crippen LogP contribution in [-0.4, -0.2) is 15.3 Å². The molecule has 0 amide bonds. The lowest BCUT2D eigenvalue weighted by Gasteiger charge is -2.05. The Bertz CT molecular complexity index is 492. The summed E-state index contributed by atoms with van der Waals surface area (Å²) >= 11 is 0. The summed E-state index contributed by atoms with van der Waals surface area (Å²) in [6.07, 6.45) is 0. The van der Waals surface area contributed by atoms with Gasteiger partial charge in [-0.2, -0.15) is 10.2 Å². The Morgan fingerprint density at radius 3 is 2.53 bits per heavy atom. The van der Waals surface area contributed by atoms with Gasteiger partial charge < -0.3 is 5.11 Å². The van der Waals surface area contributed by atoms with Crippen LogP contribution in [0.4, 0.5) is 0 Å². The number of aliphatic hydroxyl groups is 1. The number of hydrogen-bond acceptors (Lipinski definition) is 3. The molecule has 0 saturated carbocycles. The van der Waals surface area contributed by atoms with Crippen molar-refractivity contribution >= 4 is 0 Å². The van der Waals surface area contributed by atoms with Crippen LogP contribution in [0, 0.1) is 0 Å². The molecule has 2 rings (SSSR count). The Kier molecular flexibility index (Phi) is 3.49. The van der Waals surface area contributed by atoms with E-state index in [2.05, 4.69) is 24.0 Å². The van der Waals surface area contributed by atoms with E-state index in [1.165, 1.54) is 0 Å². The normalized spacial score (nSPS) is 10.8. The maximum atomic E-state index is 9.09. The molecule has 1 N–H and O–H groups in total. The van der Waals surface area contributed by atoms with Crippen molar-refractivity contribution in [3.05, 3.63) is 47.7 Å². The fourth-order valence-electron chi connectivity index (χ4n) is 1.63. The standard InChI is InChI=1S/C14H16N2O/c1-10(2)13-6-7-14(16-15-13)12-5-3-4-11(8-12)9-17/h3-8,10,17H,9H2,1-2H3. The Labute approximate surface area is 101 Å². The van der Waals surface area contributed by atoms with Gasteiger partial charge in [0.1, 0.15) is 0 Å². The Morgan fingerprint density at radius 1 is 1.12 bits per heavy atom. The van der Waals surface area contributed by atoms with E-state index in [-0.39, 0.29) is 6.61 Å². The summed E-state index contributed by atoms with van der Waals surface area (Å²) in [7, 11) is 0. The molecule has 1 aromatic heterocycles. The highest BCUT2D eigenvalue weighted by Crippen LogP contribution is 2.19. The van der Waals surface area contributed by atoms with E-state index in [4.69, 9.17) is 5.11 Å². The second-order valence-corrected chi connectivity index (χ2v) is 4.36. The van der Waals surface area contributed by atoms with Gasteiger partial charge in [-0.05, 0) is 29.7 Å². The van der Waals surface area contributed by atoms with E-state index in [0.717, 1.165) is 22.5 Å². The highest BCUT2D eigenvalue weighted by molar-refractivity contribution is 5.59. The zero-order chi connectivity index (χ0) is 12.3. The quantitative estimate of drug-likeness (QED) is 0.878. The summed E-state index contributed by atoms with van der Waals surface area (Å²) in [4.78, 5) is 0. The molecule has 1 aromatic carbocycles. The van der Waals surface area contributed by atoms with Crippen LogP contribution in [0.3, 0.4) is 0 Å². The smallest absolute Gasteiger partial charge is 0.0929 e. The molecule has 0 bridgehead atoms. The SMILES string of the molecule is CC(C)c1ccc(-c2cccc(CO)c2)nn1. The van der Waals surface area contributed by atoms with Crippen molar-refractivity contribution in [1.29, 1.82) is 0 Å². The van der Waals surface area contributed by atoms with E-state index >= 15 is 0 Å². The molecular formula is C14H16N2O. The summed E-state index contributed by atoms with van der Waals surface area (Å²) in [6.45, 7) is 4.23. The van der Waals surface area contributed by atoms with Crippen molar-refractivity contribution < 1.29 is 5.11 Å². The van der Waals surface area contributed by atoms with Crippen LogP contribution in [0.15, 0.2) is 36.4 Å². The third kappa shape index (κ3) is 2.68. The highest BCUT2D eigenvalue weighted by atomic mass is 16.3. The average molecular weight is 228 g/mol. The molecule has 1 heterocycles. The van der Waals surface area contributed by atoms with Crippen molar-refractivity contribution in [3.8, 4) is 11.3 Å². The van der Waals surface area contributed by atoms with Crippen LogP contribution >= 0.6 is 0 Å². The summed E-state index contributed by atoms with van der Waals surface area (Å²) in [5, 5.41) is 17.5. The lowest BCUT2D eigenvalue weighted by molar-refractivity contribution is 0.282. The van der Waals surface area contributed by atoms with Crippen molar-refractivity contribution in [2.75, 3.05) is 0 Å². The number of aromatic nitrogens is 2. The molecule has 0 aliphatic rings. The van der Waals surface area contributed by atoms with Crippen LogP contribution in [0.1, 0.15) is 31.0 Å². The van der Waals surface area contributed by atoms with Gasteiger partial charge >= 0.3 is 0 Å². The van der Waals surface area contributed by atoms with Crippen LogP contribution < -0.4 is 0 Å². The van der Waals surface area contributed by atoms with Gasteiger partial charge in [0, 0.05) is 5.56 Å². The van der Waals surface area contributed by atoms with Gasteiger partial charge in [-0.15, -0.1) is 0 Å². The fourth-order valence-corrected chi connectivity index (χ4v) is 1.63. The summed E-state index contributed by atoms with van der Waals surface area (Å²) < 4.78 is 0. The van der Waals surface area contributed by atoms with E-state index in [9.17, 15) is 0 Å². The summed E-state index contributed by atoms with van der Waals surface area (Å²) in [6, 6.07) is 11.7. The van der Waals surface area contributed by atoms with Crippen molar-refractivity contribution in [3.63, 3.8) is 0 Å². The van der Waals surface area contributed by atoms with Gasteiger partial charge in [0.25, 0.3) is 0 Å². The molecule has 0 atom stereocenters. The minimum absolute atomic E-state index is 0.0470. The van der Waals surface area contributed by atoms with Crippen molar-refractivity contribution in [2.45, 2.75) is 26.4 Å². The lowest BCUT2D eigenvalue weighted by atomic mass is 10.1. The Balaban J connectivity index is 2.32. The largest absolute Gasteiger partial charge is 0.392 e. The van der Waals surface area contributed by atoms with E-state index in [1.807, 2.05) is 36.4 Å². The first kappa shape index (κ1) is 11.7. The van der Waals surface area contributed by atoms with E-state index in [0.29, 0.717) is 5.92 Å². The summed E-state index contributed by atoms with van der Waals surface area (Å²) in [5.41, 5.74) is 3.70. The van der Waals surface area contributed by atoms with E-state index in [1.54, 1.807) is 0 Å². The predicted molar refractivity (Wildman–Crippen MR) is 67.5 cm³/mol. The van der Waals surface area contributed by atoms with Gasteiger partial charge in [0.05, 0.1) is 18.0 Å². The van der Waals surface area contributed by atoms with Crippen LogP contribution in [0.25, 0.3) is 11.3 Å². The fraction of sp³-hybridized carbons (Fsp3) is 0.286. The van der Waals surface area contributed by atoms with Crippen LogP contribution in [-0.2, 0) is 6.61 Å². The number of rotatable bonds is 3. The zero-order valence-corrected chi connectivity index (χ0v) is 10.1. The first-order chi connectivity index (χ1) is 8.20. The first-order valence-electron chi connectivity index (χ1n) is 5.74. The lowest BCUT2D eigenvalue weighted by Crippen LogP contribution is -1.96. The molecule has 0 spiro atoms. The van der Waals surface area contributed by atoms with Crippen molar-refractivity contribution in [2.24, 2.45) is 0 Å². The molecule has 0 aliphatic heterocycles. The second-order valence-electron chi connectivity index (χ2n) is 4.36. The van der Waals surface area contributed by atoms with Crippen LogP contribution in [0.2, 0.25) is 0 Å². The zero-order valence-electron chi connectivity index (χ0n) is 10.1. The molecule has 3 nitrogen and oxygen atoms in total. The molecule has 2 aromatic rings. The monoisotopic (exact) mass is 228 g/mol. The van der Waals surface area contributed by atoms with Gasteiger partial charge in [-0.1, -0.05) is 32.0 Å². The summed E-state index contributed by atoms with van der Waals surface area (Å²) in [5.74, 6) is 0.389. The molecule has 0 aliphatic carbocycles. The first-order valence-corrected chi connectivity index (χ1v) is 5.74. The minimum atomic E-state index is 0.0470. The van der Waals surface area contributed by atoms with Gasteiger partial charge in [0.15, 0.2) is 0 Å². The third-order valence-corrected chi connectivity index (χ3v) is 2.68. The number of nitrogens with zero attached hydrogens (tertiary/aromatic N) is 2. The number of benzene rings is 1. The minimum Gasteiger partial charge on any atom is -0.392 e. The Morgan fingerprint density at radius 2 is 1.94 bits per heavy atom. The third-order valence-electron chi connectivity index (χ3n) is 2.68. The molecular weight excluding hydrogens is 212 g/mol. The van der Waals surface area contributed by atoms with Gasteiger partial charge in [0.2, 0.25) is 0 Å². The molecule has 3 heteroatoms. The topological polar surface area (TPSA) is 46.0 Å². The predicted octanol–water partition coefficient (Wildman–Crippen LogP) is 2.76. The molecule has 88 valence electrons. The number of hydrogen-bond donors (Lipinski definition) is 1. The highest BCUT2D eigenvalue weighted by Gasteiger charge is 2.04. The number of aliphatic hydroxyl groups excluding tert-OH is 1. The van der Waals surface area contributed by atoms with E-state index < -0.39 is 0 Å². The molecule has 0 fully saturated rings. The molecule has 17 heavy (non-hydrogen) atoms. The van der Waals surface area contributed by atoms with Gasteiger partial charge in [-0.25, -0.2) is 0 Å². The second kappa shape index (κ2) is 5.06. The average Bonchev–Trinajstić information content (AvgIpc) is 2.39. The molecule has 0 saturated heterocycles. The molecule has 0 radical (unpaired) electrons. The Hall–Kier alpha value is -1.74. The van der Waals surface area contributed by atoms with Crippen molar-refractivity contribution in [1.82, 2.24) is 10.2 Å². The molecule has 0 unspecified atom stereocenters.